The molecular weight excluding hydrogens is 408 g/mol. The van der Waals surface area contributed by atoms with Crippen molar-refractivity contribution < 1.29 is 14.3 Å². The molecule has 2 aromatic rings. The third-order valence-corrected chi connectivity index (χ3v) is 6.43. The highest BCUT2D eigenvalue weighted by molar-refractivity contribution is 8.00. The SMILES string of the molecule is O=C(CSc1ccccc1C(=O)NCCOc1ccccc1)NC1CCCCCCC1. The molecule has 0 unspecified atom stereocenters. The van der Waals surface area contributed by atoms with Gasteiger partial charge in [0.1, 0.15) is 12.4 Å². The summed E-state index contributed by atoms with van der Waals surface area (Å²) < 4.78 is 5.62. The maximum absolute atomic E-state index is 12.6. The van der Waals surface area contributed by atoms with Crippen LogP contribution in [0.5, 0.6) is 5.75 Å². The number of hydrogen-bond acceptors (Lipinski definition) is 4. The summed E-state index contributed by atoms with van der Waals surface area (Å²) in [6.07, 6.45) is 8.36. The number of carbonyl (C=O) groups excluding carboxylic acids is 2. The molecule has 1 aliphatic rings. The number of para-hydroxylation sites is 1. The Morgan fingerprint density at radius 2 is 1.58 bits per heavy atom. The molecule has 5 nitrogen and oxygen atoms in total. The van der Waals surface area contributed by atoms with E-state index in [-0.39, 0.29) is 17.9 Å². The zero-order valence-electron chi connectivity index (χ0n) is 18.0. The lowest BCUT2D eigenvalue weighted by atomic mass is 9.97. The van der Waals surface area contributed by atoms with Gasteiger partial charge in [0.15, 0.2) is 0 Å². The summed E-state index contributed by atoms with van der Waals surface area (Å²) in [6.45, 7) is 0.809. The van der Waals surface area contributed by atoms with Gasteiger partial charge in [-0.2, -0.15) is 0 Å². The molecule has 2 aromatic carbocycles. The Labute approximate surface area is 189 Å². The van der Waals surface area contributed by atoms with Crippen LogP contribution in [-0.4, -0.2) is 36.8 Å². The lowest BCUT2D eigenvalue weighted by Crippen LogP contribution is -2.36. The molecule has 0 aromatic heterocycles. The largest absolute Gasteiger partial charge is 0.492 e. The van der Waals surface area contributed by atoms with Crippen molar-refractivity contribution in [3.05, 3.63) is 60.2 Å². The molecule has 0 radical (unpaired) electrons. The molecule has 0 heterocycles. The fourth-order valence-corrected chi connectivity index (χ4v) is 4.60. The van der Waals surface area contributed by atoms with E-state index in [1.807, 2.05) is 48.5 Å². The first kappa shape index (κ1) is 23.2. The molecule has 0 bridgehead atoms. The van der Waals surface area contributed by atoms with Crippen LogP contribution in [0.2, 0.25) is 0 Å². The van der Waals surface area contributed by atoms with E-state index in [9.17, 15) is 9.59 Å². The van der Waals surface area contributed by atoms with Gasteiger partial charge in [0.05, 0.1) is 17.9 Å². The lowest BCUT2D eigenvalue weighted by Gasteiger charge is -2.21. The van der Waals surface area contributed by atoms with E-state index in [0.29, 0.717) is 24.5 Å². The van der Waals surface area contributed by atoms with Crippen molar-refractivity contribution in [2.45, 2.75) is 55.9 Å². The standard InChI is InChI=1S/C25H32N2O3S/c28-24(27-20-11-5-2-1-3-6-12-20)19-31-23-16-10-9-15-22(23)25(29)26-17-18-30-21-13-7-4-8-14-21/h4,7-10,13-16,20H,1-3,5-6,11-12,17-19H2,(H,26,29)(H,27,28). The van der Waals surface area contributed by atoms with Crippen molar-refractivity contribution in [2.24, 2.45) is 0 Å². The number of ether oxygens (including phenoxy) is 1. The molecule has 1 saturated carbocycles. The summed E-state index contributed by atoms with van der Waals surface area (Å²) in [5.41, 5.74) is 0.589. The Kier molecular flexibility index (Phi) is 9.77. The molecule has 6 heteroatoms. The number of rotatable bonds is 9. The van der Waals surface area contributed by atoms with Crippen LogP contribution in [0.15, 0.2) is 59.5 Å². The van der Waals surface area contributed by atoms with Gasteiger partial charge in [-0.1, -0.05) is 62.4 Å². The second-order valence-corrected chi connectivity index (χ2v) is 8.83. The third kappa shape index (κ3) is 8.29. The highest BCUT2D eigenvalue weighted by atomic mass is 32.2. The van der Waals surface area contributed by atoms with Gasteiger partial charge in [0.25, 0.3) is 5.91 Å². The average Bonchev–Trinajstić information content (AvgIpc) is 2.78. The topological polar surface area (TPSA) is 67.4 Å². The van der Waals surface area contributed by atoms with E-state index in [2.05, 4.69) is 10.6 Å². The quantitative estimate of drug-likeness (QED) is 0.433. The van der Waals surface area contributed by atoms with Crippen molar-refractivity contribution in [3.63, 3.8) is 0 Å². The lowest BCUT2D eigenvalue weighted by molar-refractivity contribution is -0.119. The second-order valence-electron chi connectivity index (χ2n) is 7.81. The first-order valence-electron chi connectivity index (χ1n) is 11.2. The zero-order chi connectivity index (χ0) is 21.7. The van der Waals surface area contributed by atoms with Gasteiger partial charge in [-0.05, 0) is 37.1 Å². The fraction of sp³-hybridized carbons (Fsp3) is 0.440. The molecule has 0 spiro atoms. The Morgan fingerprint density at radius 3 is 2.35 bits per heavy atom. The molecule has 1 fully saturated rings. The van der Waals surface area contributed by atoms with Crippen molar-refractivity contribution >= 4 is 23.6 Å². The molecule has 2 N–H and O–H groups in total. The van der Waals surface area contributed by atoms with Gasteiger partial charge in [-0.25, -0.2) is 0 Å². The monoisotopic (exact) mass is 440 g/mol. The fourth-order valence-electron chi connectivity index (χ4n) is 3.74. The molecule has 0 saturated heterocycles. The third-order valence-electron chi connectivity index (χ3n) is 5.36. The molecule has 166 valence electrons. The summed E-state index contributed by atoms with van der Waals surface area (Å²) in [4.78, 5) is 25.9. The minimum absolute atomic E-state index is 0.0436. The first-order chi connectivity index (χ1) is 15.2. The summed E-state index contributed by atoms with van der Waals surface area (Å²) in [6, 6.07) is 17.2. The minimum Gasteiger partial charge on any atom is -0.492 e. The Balaban J connectivity index is 1.44. The maximum atomic E-state index is 12.6. The summed E-state index contributed by atoms with van der Waals surface area (Å²) in [7, 11) is 0. The van der Waals surface area contributed by atoms with Crippen LogP contribution in [0, 0.1) is 0 Å². The van der Waals surface area contributed by atoms with Gasteiger partial charge < -0.3 is 15.4 Å². The highest BCUT2D eigenvalue weighted by Gasteiger charge is 2.16. The van der Waals surface area contributed by atoms with Gasteiger partial charge in [-0.15, -0.1) is 11.8 Å². The van der Waals surface area contributed by atoms with Gasteiger partial charge in [-0.3, -0.25) is 9.59 Å². The Morgan fingerprint density at radius 1 is 0.903 bits per heavy atom. The van der Waals surface area contributed by atoms with E-state index in [4.69, 9.17) is 4.74 Å². The average molecular weight is 441 g/mol. The maximum Gasteiger partial charge on any atom is 0.252 e. The summed E-state index contributed by atoms with van der Waals surface area (Å²) in [5, 5.41) is 6.08. The van der Waals surface area contributed by atoms with E-state index in [1.165, 1.54) is 43.9 Å². The predicted molar refractivity (Wildman–Crippen MR) is 126 cm³/mol. The van der Waals surface area contributed by atoms with Gasteiger partial charge >= 0.3 is 0 Å². The van der Waals surface area contributed by atoms with E-state index in [0.717, 1.165) is 23.5 Å². The number of thioether (sulfide) groups is 1. The van der Waals surface area contributed by atoms with Crippen molar-refractivity contribution in [3.8, 4) is 5.75 Å². The van der Waals surface area contributed by atoms with Crippen molar-refractivity contribution in [1.82, 2.24) is 10.6 Å². The van der Waals surface area contributed by atoms with Crippen LogP contribution >= 0.6 is 11.8 Å². The Hall–Kier alpha value is -2.47. The molecule has 0 aliphatic heterocycles. The number of benzene rings is 2. The Bertz CT molecular complexity index is 821. The van der Waals surface area contributed by atoms with Crippen LogP contribution in [0.1, 0.15) is 55.3 Å². The van der Waals surface area contributed by atoms with E-state index in [1.54, 1.807) is 6.07 Å². The number of amides is 2. The highest BCUT2D eigenvalue weighted by Crippen LogP contribution is 2.23. The summed E-state index contributed by atoms with van der Waals surface area (Å²) >= 11 is 1.41. The normalized spacial score (nSPS) is 14.8. The van der Waals surface area contributed by atoms with Crippen LogP contribution < -0.4 is 15.4 Å². The molecule has 0 atom stereocenters. The second kappa shape index (κ2) is 13.1. The van der Waals surface area contributed by atoms with Crippen LogP contribution in [0.25, 0.3) is 0 Å². The van der Waals surface area contributed by atoms with E-state index >= 15 is 0 Å². The smallest absolute Gasteiger partial charge is 0.252 e. The minimum atomic E-state index is -0.153. The molecule has 2 amide bonds. The van der Waals surface area contributed by atoms with Gasteiger partial charge in [0, 0.05) is 10.9 Å². The van der Waals surface area contributed by atoms with Gasteiger partial charge in [0.2, 0.25) is 5.91 Å². The molecular formula is C25H32N2O3S. The number of hydrogen-bond donors (Lipinski definition) is 2. The molecule has 31 heavy (non-hydrogen) atoms. The number of carbonyl (C=O) groups is 2. The molecule has 1 aliphatic carbocycles. The van der Waals surface area contributed by atoms with E-state index < -0.39 is 0 Å². The molecule has 3 rings (SSSR count). The summed E-state index contributed by atoms with van der Waals surface area (Å²) in [5.74, 6) is 0.989. The van der Waals surface area contributed by atoms with Crippen molar-refractivity contribution in [2.75, 3.05) is 18.9 Å². The van der Waals surface area contributed by atoms with Crippen molar-refractivity contribution in [1.29, 1.82) is 0 Å². The van der Waals surface area contributed by atoms with Crippen LogP contribution in [0.3, 0.4) is 0 Å². The van der Waals surface area contributed by atoms with Crippen LogP contribution in [-0.2, 0) is 4.79 Å². The first-order valence-corrected chi connectivity index (χ1v) is 12.2. The number of nitrogens with one attached hydrogen (secondary N) is 2. The zero-order valence-corrected chi connectivity index (χ0v) is 18.8. The predicted octanol–water partition coefficient (Wildman–Crippen LogP) is 4.82. The van der Waals surface area contributed by atoms with Crippen LogP contribution in [0.4, 0.5) is 0 Å².